The first-order valence-corrected chi connectivity index (χ1v) is 9.57. The van der Waals surface area contributed by atoms with E-state index < -0.39 is 11.8 Å². The number of hydrogen-bond acceptors (Lipinski definition) is 4. The number of ether oxygens (including phenoxy) is 1. The number of para-hydroxylation sites is 1. The largest absolute Gasteiger partial charge is 0.497 e. The topological polar surface area (TPSA) is 80.3 Å². The first-order valence-electron chi connectivity index (χ1n) is 8.81. The lowest BCUT2D eigenvalue weighted by molar-refractivity contribution is -0.118. The minimum absolute atomic E-state index is 0.165. The van der Waals surface area contributed by atoms with Crippen LogP contribution < -0.4 is 15.4 Å². The Morgan fingerprint density at radius 2 is 1.70 bits per heavy atom. The van der Waals surface area contributed by atoms with E-state index in [-0.39, 0.29) is 15.7 Å². The molecule has 0 aliphatic carbocycles. The van der Waals surface area contributed by atoms with Crippen molar-refractivity contribution in [1.82, 2.24) is 4.98 Å². The number of methoxy groups -OCH3 is 1. The summed E-state index contributed by atoms with van der Waals surface area (Å²) in [6.07, 6.45) is 2.89. The molecule has 3 aromatic rings. The summed E-state index contributed by atoms with van der Waals surface area (Å²) in [4.78, 5) is 29.8. The van der Waals surface area contributed by atoms with Crippen LogP contribution in [0.1, 0.15) is 5.56 Å². The zero-order valence-corrected chi connectivity index (χ0v) is 17.4. The van der Waals surface area contributed by atoms with E-state index >= 15 is 0 Å². The predicted octanol–water partition coefficient (Wildman–Crippen LogP) is 5.06. The van der Waals surface area contributed by atoms with Crippen LogP contribution in [-0.2, 0) is 9.59 Å². The van der Waals surface area contributed by atoms with Crippen LogP contribution in [0.2, 0.25) is 10.2 Å². The summed E-state index contributed by atoms with van der Waals surface area (Å²) in [5.74, 6) is -0.726. The van der Waals surface area contributed by atoms with Crippen molar-refractivity contribution in [2.75, 3.05) is 17.7 Å². The number of halogens is 2. The summed E-state index contributed by atoms with van der Waals surface area (Å²) in [5.41, 5.74) is 1.13. The number of nitrogens with one attached hydrogen (secondary N) is 2. The maximum atomic E-state index is 13.0. The van der Waals surface area contributed by atoms with Crippen LogP contribution in [0.3, 0.4) is 0 Å². The molecule has 0 aliphatic rings. The Morgan fingerprint density at radius 3 is 2.37 bits per heavy atom. The predicted molar refractivity (Wildman–Crippen MR) is 119 cm³/mol. The Kier molecular flexibility index (Phi) is 7.06. The van der Waals surface area contributed by atoms with E-state index in [9.17, 15) is 9.59 Å². The first kappa shape index (κ1) is 21.4. The molecule has 6 nitrogen and oxygen atoms in total. The molecule has 0 aliphatic heterocycles. The lowest BCUT2D eigenvalue weighted by Gasteiger charge is -2.12. The van der Waals surface area contributed by atoms with Gasteiger partial charge in [0, 0.05) is 23.5 Å². The van der Waals surface area contributed by atoms with Gasteiger partial charge in [0.2, 0.25) is 0 Å². The lowest BCUT2D eigenvalue weighted by atomic mass is 10.1. The summed E-state index contributed by atoms with van der Waals surface area (Å²) >= 11 is 12.3. The number of pyridine rings is 1. The molecule has 0 fully saturated rings. The van der Waals surface area contributed by atoms with E-state index in [1.807, 2.05) is 6.07 Å². The Morgan fingerprint density at radius 1 is 0.967 bits per heavy atom. The molecule has 1 aromatic heterocycles. The molecule has 3 rings (SSSR count). The van der Waals surface area contributed by atoms with E-state index in [0.717, 1.165) is 0 Å². The molecule has 0 spiro atoms. The van der Waals surface area contributed by atoms with Gasteiger partial charge in [0.05, 0.1) is 17.8 Å². The van der Waals surface area contributed by atoms with Gasteiger partial charge in [-0.2, -0.15) is 0 Å². The molecule has 0 unspecified atom stereocenters. The molecule has 2 amide bonds. The SMILES string of the molecule is COc1ccc(NC(=O)/C(=C/c2cccnc2Cl)C(=O)Nc2ccccc2)c(Cl)c1. The fourth-order valence-corrected chi connectivity index (χ4v) is 2.92. The van der Waals surface area contributed by atoms with Gasteiger partial charge in [0.25, 0.3) is 11.8 Å². The van der Waals surface area contributed by atoms with Gasteiger partial charge in [0.1, 0.15) is 16.5 Å². The molecule has 8 heteroatoms. The molecule has 1 heterocycles. The highest BCUT2D eigenvalue weighted by atomic mass is 35.5. The highest BCUT2D eigenvalue weighted by Gasteiger charge is 2.20. The van der Waals surface area contributed by atoms with Gasteiger partial charge in [0.15, 0.2) is 0 Å². The van der Waals surface area contributed by atoms with E-state index in [2.05, 4.69) is 15.6 Å². The Labute approximate surface area is 183 Å². The number of nitrogens with zero attached hydrogens (tertiary/aromatic N) is 1. The molecule has 0 saturated heterocycles. The van der Waals surface area contributed by atoms with Crippen molar-refractivity contribution in [2.45, 2.75) is 0 Å². The molecule has 2 aromatic carbocycles. The van der Waals surface area contributed by atoms with E-state index in [4.69, 9.17) is 27.9 Å². The van der Waals surface area contributed by atoms with Crippen molar-refractivity contribution in [3.05, 3.63) is 88.2 Å². The number of aromatic nitrogens is 1. The third-order valence-electron chi connectivity index (χ3n) is 4.03. The van der Waals surface area contributed by atoms with Gasteiger partial charge in [-0.05, 0) is 36.4 Å². The average molecular weight is 442 g/mol. The number of benzene rings is 2. The van der Waals surface area contributed by atoms with Gasteiger partial charge in [-0.3, -0.25) is 9.59 Å². The maximum absolute atomic E-state index is 13.0. The number of carbonyl (C=O) groups excluding carboxylic acids is 2. The van der Waals surface area contributed by atoms with Crippen LogP contribution >= 0.6 is 23.2 Å². The van der Waals surface area contributed by atoms with Crippen LogP contribution in [0.15, 0.2) is 72.4 Å². The molecule has 0 saturated carbocycles. The Bertz CT molecular complexity index is 1100. The fourth-order valence-electron chi connectivity index (χ4n) is 2.53. The standard InChI is InChI=1S/C22H17Cl2N3O3/c1-30-16-9-10-19(18(23)13-16)27-22(29)17(12-14-6-5-11-25-20(14)24)21(28)26-15-7-3-2-4-8-15/h2-13H,1H3,(H,26,28)(H,27,29)/b17-12+. The zero-order chi connectivity index (χ0) is 21.5. The van der Waals surface area contributed by atoms with Gasteiger partial charge in [-0.25, -0.2) is 4.98 Å². The number of carbonyl (C=O) groups is 2. The van der Waals surface area contributed by atoms with Crippen molar-refractivity contribution in [3.8, 4) is 5.75 Å². The molecule has 152 valence electrons. The minimum atomic E-state index is -0.657. The lowest BCUT2D eigenvalue weighted by Crippen LogP contribution is -2.25. The van der Waals surface area contributed by atoms with E-state index in [1.165, 1.54) is 19.4 Å². The van der Waals surface area contributed by atoms with Crippen LogP contribution in [-0.4, -0.2) is 23.9 Å². The summed E-state index contributed by atoms with van der Waals surface area (Å²) in [7, 11) is 1.51. The van der Waals surface area contributed by atoms with Gasteiger partial charge in [-0.15, -0.1) is 0 Å². The number of hydrogen-bond donors (Lipinski definition) is 2. The van der Waals surface area contributed by atoms with Crippen molar-refractivity contribution >= 4 is 52.5 Å². The quantitative estimate of drug-likeness (QED) is 0.242. The smallest absolute Gasteiger partial charge is 0.261 e. The second-order valence-electron chi connectivity index (χ2n) is 6.06. The minimum Gasteiger partial charge on any atom is -0.497 e. The van der Waals surface area contributed by atoms with Crippen molar-refractivity contribution in [2.24, 2.45) is 0 Å². The summed E-state index contributed by atoms with van der Waals surface area (Å²) in [6.45, 7) is 0. The second-order valence-corrected chi connectivity index (χ2v) is 6.83. The van der Waals surface area contributed by atoms with Crippen LogP contribution in [0.4, 0.5) is 11.4 Å². The molecular formula is C22H17Cl2N3O3. The van der Waals surface area contributed by atoms with Crippen LogP contribution in [0.25, 0.3) is 6.08 Å². The van der Waals surface area contributed by atoms with Gasteiger partial charge < -0.3 is 15.4 Å². The summed E-state index contributed by atoms with van der Waals surface area (Å²) in [5, 5.41) is 5.78. The van der Waals surface area contributed by atoms with E-state index in [0.29, 0.717) is 22.7 Å². The molecule has 30 heavy (non-hydrogen) atoms. The molecular weight excluding hydrogens is 425 g/mol. The summed E-state index contributed by atoms with van der Waals surface area (Å²) < 4.78 is 5.10. The first-order chi connectivity index (χ1) is 14.5. The molecule has 2 N–H and O–H groups in total. The second kappa shape index (κ2) is 9.91. The third kappa shape index (κ3) is 5.37. The van der Waals surface area contributed by atoms with E-state index in [1.54, 1.807) is 54.6 Å². The fraction of sp³-hybridized carbons (Fsp3) is 0.0455. The van der Waals surface area contributed by atoms with Gasteiger partial charge in [-0.1, -0.05) is 47.5 Å². The molecule has 0 bridgehead atoms. The highest BCUT2D eigenvalue weighted by Crippen LogP contribution is 2.27. The molecule has 0 radical (unpaired) electrons. The molecule has 0 atom stereocenters. The van der Waals surface area contributed by atoms with Crippen LogP contribution in [0, 0.1) is 0 Å². The number of anilines is 2. The van der Waals surface area contributed by atoms with Crippen molar-refractivity contribution < 1.29 is 14.3 Å². The monoisotopic (exact) mass is 441 g/mol. The average Bonchev–Trinajstić information content (AvgIpc) is 2.75. The highest BCUT2D eigenvalue weighted by molar-refractivity contribution is 6.36. The maximum Gasteiger partial charge on any atom is 0.261 e. The normalized spacial score (nSPS) is 11.0. The number of amides is 2. The third-order valence-corrected chi connectivity index (χ3v) is 4.66. The zero-order valence-electron chi connectivity index (χ0n) is 15.9. The van der Waals surface area contributed by atoms with Crippen molar-refractivity contribution in [1.29, 1.82) is 0 Å². The van der Waals surface area contributed by atoms with Crippen molar-refractivity contribution in [3.63, 3.8) is 0 Å². The Hall–Kier alpha value is -3.35. The number of rotatable bonds is 6. The van der Waals surface area contributed by atoms with Gasteiger partial charge >= 0.3 is 0 Å². The Balaban J connectivity index is 1.93. The van der Waals surface area contributed by atoms with Crippen LogP contribution in [0.5, 0.6) is 5.75 Å². The summed E-state index contributed by atoms with van der Waals surface area (Å²) in [6, 6.07) is 16.9.